The van der Waals surface area contributed by atoms with E-state index in [2.05, 4.69) is 68.8 Å². The van der Waals surface area contributed by atoms with Crippen molar-refractivity contribution in [3.05, 3.63) is 52.3 Å². The van der Waals surface area contributed by atoms with Crippen molar-refractivity contribution in [3.63, 3.8) is 0 Å². The first-order chi connectivity index (χ1) is 17.4. The second kappa shape index (κ2) is 10.2. The first-order valence-electron chi connectivity index (χ1n) is 13.3. The minimum atomic E-state index is 0.411. The molecule has 0 aliphatic carbocycles. The molecule has 2 aliphatic rings. The zero-order chi connectivity index (χ0) is 25.4. The molecule has 1 fully saturated rings. The van der Waals surface area contributed by atoms with Gasteiger partial charge in [-0.1, -0.05) is 32.0 Å². The van der Waals surface area contributed by atoms with Crippen LogP contribution in [0.1, 0.15) is 60.7 Å². The third-order valence-electron chi connectivity index (χ3n) is 7.85. The van der Waals surface area contributed by atoms with E-state index in [-0.39, 0.29) is 0 Å². The fourth-order valence-electron chi connectivity index (χ4n) is 5.74. The van der Waals surface area contributed by atoms with Crippen molar-refractivity contribution in [2.75, 3.05) is 43.2 Å². The summed E-state index contributed by atoms with van der Waals surface area (Å²) in [4.78, 5) is 15.4. The highest BCUT2D eigenvalue weighted by Crippen LogP contribution is 2.35. The predicted octanol–water partition coefficient (Wildman–Crippen LogP) is 5.04. The molecular weight excluding hydrogens is 448 g/mol. The molecule has 3 aromatic rings. The highest BCUT2D eigenvalue weighted by atomic mass is 16.5. The molecule has 1 saturated heterocycles. The lowest BCUT2D eigenvalue weighted by Gasteiger charge is -2.37. The van der Waals surface area contributed by atoms with Crippen LogP contribution in [0.15, 0.2) is 24.3 Å². The predicted molar refractivity (Wildman–Crippen MR) is 146 cm³/mol. The number of methoxy groups -OCH3 is 1. The Morgan fingerprint density at radius 2 is 1.75 bits per heavy atom. The van der Waals surface area contributed by atoms with Crippen LogP contribution in [0.3, 0.4) is 0 Å². The van der Waals surface area contributed by atoms with Crippen LogP contribution in [0, 0.1) is 19.8 Å². The number of hydrogen-bond acceptors (Lipinski definition) is 6. The van der Waals surface area contributed by atoms with E-state index >= 15 is 0 Å². The highest BCUT2D eigenvalue weighted by Gasteiger charge is 2.30. The first-order valence-corrected chi connectivity index (χ1v) is 13.3. The number of aromatic nitrogens is 4. The van der Waals surface area contributed by atoms with E-state index in [0.717, 1.165) is 69.4 Å². The normalized spacial score (nSPS) is 16.6. The van der Waals surface area contributed by atoms with E-state index in [0.29, 0.717) is 11.8 Å². The van der Waals surface area contributed by atoms with Crippen LogP contribution in [-0.2, 0) is 24.8 Å². The highest BCUT2D eigenvalue weighted by molar-refractivity contribution is 5.68. The number of hydrogen-bond donors (Lipinski definition) is 0. The Kier molecular flexibility index (Phi) is 7.02. The lowest BCUT2D eigenvalue weighted by atomic mass is 9.96. The topological polar surface area (TPSA) is 59.3 Å². The number of aryl methyl sites for hydroxylation is 3. The average molecular weight is 489 g/mol. The van der Waals surface area contributed by atoms with Gasteiger partial charge in [-0.3, -0.25) is 4.68 Å². The van der Waals surface area contributed by atoms with Crippen LogP contribution in [0.25, 0.3) is 11.4 Å². The van der Waals surface area contributed by atoms with Crippen LogP contribution in [0.5, 0.6) is 0 Å². The van der Waals surface area contributed by atoms with E-state index < -0.39 is 0 Å². The monoisotopic (exact) mass is 488 g/mol. The molecule has 192 valence electrons. The van der Waals surface area contributed by atoms with Gasteiger partial charge < -0.3 is 14.5 Å². The second-order valence-corrected chi connectivity index (χ2v) is 10.8. The van der Waals surface area contributed by atoms with Gasteiger partial charge in [0.15, 0.2) is 5.82 Å². The largest absolute Gasteiger partial charge is 0.384 e. The number of benzene rings is 1. The second-order valence-electron chi connectivity index (χ2n) is 10.8. The third kappa shape index (κ3) is 4.73. The van der Waals surface area contributed by atoms with Gasteiger partial charge in [0, 0.05) is 70.6 Å². The van der Waals surface area contributed by atoms with Crippen molar-refractivity contribution in [2.45, 2.75) is 59.4 Å². The molecule has 0 amide bonds. The fourth-order valence-corrected chi connectivity index (χ4v) is 5.74. The average Bonchev–Trinajstić information content (AvgIpc) is 3.26. The molecule has 1 aromatic carbocycles. The van der Waals surface area contributed by atoms with Gasteiger partial charge in [-0.05, 0) is 49.7 Å². The summed E-state index contributed by atoms with van der Waals surface area (Å²) in [7, 11) is 3.86. The summed E-state index contributed by atoms with van der Waals surface area (Å²) in [6.07, 6.45) is 3.17. The van der Waals surface area contributed by atoms with E-state index in [9.17, 15) is 0 Å². The Bertz CT molecular complexity index is 1200. The maximum Gasteiger partial charge on any atom is 0.162 e. The quantitative estimate of drug-likeness (QED) is 0.484. The maximum absolute atomic E-state index is 5.45. The summed E-state index contributed by atoms with van der Waals surface area (Å²) < 4.78 is 7.48. The molecule has 0 radical (unpaired) electrons. The van der Waals surface area contributed by atoms with Gasteiger partial charge in [-0.15, -0.1) is 0 Å². The summed E-state index contributed by atoms with van der Waals surface area (Å²) >= 11 is 0. The van der Waals surface area contributed by atoms with Crippen molar-refractivity contribution in [1.29, 1.82) is 0 Å². The van der Waals surface area contributed by atoms with Crippen LogP contribution in [0.4, 0.5) is 11.6 Å². The van der Waals surface area contributed by atoms with Crippen LogP contribution in [-0.4, -0.2) is 53.1 Å². The molecule has 0 saturated carbocycles. The standard InChI is InChI=1S/C29H40N6O/c1-19(2)25-16-26(33(5)32-25)35-15-12-24-23(17-35)29(34-13-10-22(11-14-34)18-36-6)31-28(30-24)27-20(3)8-7-9-21(27)4/h7-9,16,19,22H,10-15,17-18H2,1-6H3. The summed E-state index contributed by atoms with van der Waals surface area (Å²) in [5, 5.41) is 4.77. The van der Waals surface area contributed by atoms with E-state index in [4.69, 9.17) is 19.8 Å². The van der Waals surface area contributed by atoms with Gasteiger partial charge in [-0.2, -0.15) is 5.10 Å². The van der Waals surface area contributed by atoms with Gasteiger partial charge in [0.1, 0.15) is 11.6 Å². The minimum Gasteiger partial charge on any atom is -0.384 e. The zero-order valence-corrected chi connectivity index (χ0v) is 22.7. The molecule has 2 aromatic heterocycles. The maximum atomic E-state index is 5.45. The van der Waals surface area contributed by atoms with Gasteiger partial charge >= 0.3 is 0 Å². The van der Waals surface area contributed by atoms with Crippen molar-refractivity contribution in [1.82, 2.24) is 19.7 Å². The number of fused-ring (bicyclic) bond motifs is 1. The van der Waals surface area contributed by atoms with Crippen LogP contribution < -0.4 is 9.80 Å². The lowest BCUT2D eigenvalue weighted by Crippen LogP contribution is -2.39. The van der Waals surface area contributed by atoms with Crippen molar-refractivity contribution in [3.8, 4) is 11.4 Å². The van der Waals surface area contributed by atoms with Crippen LogP contribution in [0.2, 0.25) is 0 Å². The molecule has 36 heavy (non-hydrogen) atoms. The first kappa shape index (κ1) is 24.8. The summed E-state index contributed by atoms with van der Waals surface area (Å²) in [6.45, 7) is 13.3. The number of rotatable bonds is 6. The van der Waals surface area contributed by atoms with Crippen molar-refractivity contribution >= 4 is 11.6 Å². The van der Waals surface area contributed by atoms with Gasteiger partial charge in [0.25, 0.3) is 0 Å². The van der Waals surface area contributed by atoms with Gasteiger partial charge in [0.2, 0.25) is 0 Å². The van der Waals surface area contributed by atoms with E-state index in [1.807, 2.05) is 11.8 Å². The van der Waals surface area contributed by atoms with Gasteiger partial charge in [-0.25, -0.2) is 9.97 Å². The molecule has 5 rings (SSSR count). The Balaban J connectivity index is 1.54. The SMILES string of the molecule is COCC1CCN(c2nc(-c3c(C)cccc3C)nc3c2CN(c2cc(C(C)C)nn2C)CC3)CC1. The molecule has 0 unspecified atom stereocenters. The number of anilines is 2. The third-order valence-corrected chi connectivity index (χ3v) is 7.85. The van der Waals surface area contributed by atoms with E-state index in [1.54, 1.807) is 0 Å². The van der Waals surface area contributed by atoms with Crippen molar-refractivity contribution in [2.24, 2.45) is 13.0 Å². The molecular formula is C29H40N6O. The smallest absolute Gasteiger partial charge is 0.162 e. The molecule has 7 nitrogen and oxygen atoms in total. The molecule has 0 bridgehead atoms. The molecule has 7 heteroatoms. The summed E-state index contributed by atoms with van der Waals surface area (Å²) in [6, 6.07) is 8.69. The number of nitrogens with zero attached hydrogens (tertiary/aromatic N) is 6. The molecule has 2 aliphatic heterocycles. The minimum absolute atomic E-state index is 0.411. The lowest BCUT2D eigenvalue weighted by molar-refractivity contribution is 0.139. The van der Waals surface area contributed by atoms with Crippen molar-refractivity contribution < 1.29 is 4.74 Å². The molecule has 4 heterocycles. The molecule has 0 spiro atoms. The Hall–Kier alpha value is -2.93. The fraction of sp³-hybridized carbons (Fsp3) is 0.552. The van der Waals surface area contributed by atoms with Crippen LogP contribution >= 0.6 is 0 Å². The number of piperidine rings is 1. The summed E-state index contributed by atoms with van der Waals surface area (Å²) in [5.74, 6) is 4.20. The number of ether oxygens (including phenoxy) is 1. The molecule has 0 atom stereocenters. The Labute approximate surface area is 215 Å². The van der Waals surface area contributed by atoms with E-state index in [1.165, 1.54) is 33.8 Å². The van der Waals surface area contributed by atoms with Gasteiger partial charge in [0.05, 0.1) is 11.4 Å². The zero-order valence-electron chi connectivity index (χ0n) is 22.7. The molecule has 0 N–H and O–H groups in total. The Morgan fingerprint density at radius 3 is 2.39 bits per heavy atom. The Morgan fingerprint density at radius 1 is 1.03 bits per heavy atom. The summed E-state index contributed by atoms with van der Waals surface area (Å²) in [5.41, 5.74) is 7.24.